The van der Waals surface area contributed by atoms with Crippen molar-refractivity contribution < 1.29 is 0 Å². The summed E-state index contributed by atoms with van der Waals surface area (Å²) < 4.78 is 0. The maximum Gasteiger partial charge on any atom is 0.164 e. The maximum absolute atomic E-state index is 5.15. The van der Waals surface area contributed by atoms with Gasteiger partial charge in [0.1, 0.15) is 0 Å². The molecule has 0 saturated carbocycles. The molecular weight excluding hydrogens is 1310 g/mol. The lowest BCUT2D eigenvalue weighted by atomic mass is 9.91. The smallest absolute Gasteiger partial charge is 0.164 e. The Balaban J connectivity index is 0.000000154. The Labute approximate surface area is 626 Å². The second-order valence-electron chi connectivity index (χ2n) is 26.5. The molecule has 8 heteroatoms. The molecule has 0 fully saturated rings. The van der Waals surface area contributed by atoms with Crippen LogP contribution < -0.4 is 0 Å². The van der Waals surface area contributed by atoms with Gasteiger partial charge in [-0.3, -0.25) is 4.98 Å². The van der Waals surface area contributed by atoms with Crippen LogP contribution in [0.25, 0.3) is 190 Å². The molecule has 4 aromatic heterocycles. The lowest BCUT2D eigenvalue weighted by molar-refractivity contribution is 1.07. The Morgan fingerprint density at radius 2 is 0.398 bits per heavy atom. The molecule has 0 aliphatic carbocycles. The Hall–Kier alpha value is -14.6. The van der Waals surface area contributed by atoms with Gasteiger partial charge in [0, 0.05) is 61.7 Å². The summed E-state index contributed by atoms with van der Waals surface area (Å²) in [7, 11) is 0. The zero-order valence-corrected chi connectivity index (χ0v) is 58.7. The molecule has 19 rings (SSSR count). The van der Waals surface area contributed by atoms with Gasteiger partial charge < -0.3 is 0 Å². The number of fused-ring (bicyclic) bond motifs is 3. The van der Waals surface area contributed by atoms with E-state index in [9.17, 15) is 0 Å². The van der Waals surface area contributed by atoms with Crippen molar-refractivity contribution in [3.05, 3.63) is 401 Å². The molecule has 0 bridgehead atoms. The summed E-state index contributed by atoms with van der Waals surface area (Å²) in [5.74, 6) is 3.89. The van der Waals surface area contributed by atoms with Crippen molar-refractivity contribution in [3.8, 4) is 158 Å². The third kappa shape index (κ3) is 13.6. The van der Waals surface area contributed by atoms with Crippen LogP contribution >= 0.6 is 0 Å². The molecular formula is C100H66N8. The molecule has 0 aliphatic heterocycles. The van der Waals surface area contributed by atoms with E-state index < -0.39 is 0 Å². The minimum absolute atomic E-state index is 0.640. The van der Waals surface area contributed by atoms with Crippen LogP contribution in [0.5, 0.6) is 0 Å². The van der Waals surface area contributed by atoms with Gasteiger partial charge in [0.25, 0.3) is 0 Å². The predicted octanol–water partition coefficient (Wildman–Crippen LogP) is 25.3. The maximum atomic E-state index is 5.15. The summed E-state index contributed by atoms with van der Waals surface area (Å²) in [6.45, 7) is 0. The summed E-state index contributed by atoms with van der Waals surface area (Å²) in [5.41, 5.74) is 24.7. The first-order valence-corrected chi connectivity index (χ1v) is 36.2. The fraction of sp³-hybridized carbons (Fsp3) is 0. The first-order valence-electron chi connectivity index (χ1n) is 36.2. The van der Waals surface area contributed by atoms with E-state index >= 15 is 0 Å². The first-order chi connectivity index (χ1) is 53.5. The van der Waals surface area contributed by atoms with Crippen molar-refractivity contribution in [2.45, 2.75) is 0 Å². The predicted molar refractivity (Wildman–Crippen MR) is 444 cm³/mol. The van der Waals surface area contributed by atoms with E-state index in [-0.39, 0.29) is 0 Å². The van der Waals surface area contributed by atoms with E-state index in [1.807, 2.05) is 140 Å². The summed E-state index contributed by atoms with van der Waals surface area (Å²) in [6.07, 6.45) is 1.86. The molecule has 108 heavy (non-hydrogen) atoms. The number of rotatable bonds is 14. The van der Waals surface area contributed by atoms with Crippen LogP contribution in [0.15, 0.2) is 401 Å². The van der Waals surface area contributed by atoms with E-state index in [1.54, 1.807) is 0 Å². The molecule has 0 spiro atoms. The van der Waals surface area contributed by atoms with Crippen molar-refractivity contribution in [1.29, 1.82) is 0 Å². The van der Waals surface area contributed by atoms with Gasteiger partial charge in [-0.25, -0.2) is 34.9 Å². The molecule has 0 atom stereocenters. The normalized spacial score (nSPS) is 11.1. The van der Waals surface area contributed by atoms with Crippen LogP contribution in [0, 0.1) is 0 Å². The van der Waals surface area contributed by atoms with Gasteiger partial charge in [-0.1, -0.05) is 376 Å². The molecule has 0 N–H and O–H groups in total. The molecule has 4 heterocycles. The molecule has 0 aliphatic rings. The average molecular weight is 1380 g/mol. The fourth-order valence-corrected chi connectivity index (χ4v) is 14.3. The van der Waals surface area contributed by atoms with E-state index in [2.05, 4.69) is 266 Å². The highest BCUT2D eigenvalue weighted by atomic mass is 15.0. The monoisotopic (exact) mass is 1380 g/mol. The fourth-order valence-electron chi connectivity index (χ4n) is 14.3. The summed E-state index contributed by atoms with van der Waals surface area (Å²) in [5, 5.41) is 5.96. The lowest BCUT2D eigenvalue weighted by Gasteiger charge is -2.14. The van der Waals surface area contributed by atoms with Crippen LogP contribution in [0.3, 0.4) is 0 Å². The van der Waals surface area contributed by atoms with Crippen LogP contribution in [-0.4, -0.2) is 39.9 Å². The van der Waals surface area contributed by atoms with Gasteiger partial charge in [0.15, 0.2) is 34.9 Å². The highest BCUT2D eigenvalue weighted by molar-refractivity contribution is 6.07. The largest absolute Gasteiger partial charge is 0.256 e. The van der Waals surface area contributed by atoms with E-state index in [0.29, 0.717) is 34.9 Å². The SMILES string of the molecule is c1ccc(-c2cc(-c3ccccc3)nc(-c3ccc(-c4ccc(-c5ccc(-c6nc(-c7ccccc7)nc(-c7ccccc7)n6)cc5)c5ccccc45)cc3)c2)cc1.c1ccc(-c2nc(-c3ccccc3)nc(-c3ccc(-c4ccc(-c5ccc(-c6cccc7cccnc67)cc5)c5ccccc45)cc3)n2)cc1. The molecule has 0 radical (unpaired) electrons. The lowest BCUT2D eigenvalue weighted by Crippen LogP contribution is -2.00. The van der Waals surface area contributed by atoms with E-state index in [0.717, 1.165) is 100 Å². The van der Waals surface area contributed by atoms with E-state index in [1.165, 1.54) is 54.9 Å². The van der Waals surface area contributed by atoms with Gasteiger partial charge in [0.2, 0.25) is 0 Å². The Morgan fingerprint density at radius 1 is 0.148 bits per heavy atom. The van der Waals surface area contributed by atoms with Crippen LogP contribution in [0.2, 0.25) is 0 Å². The Morgan fingerprint density at radius 3 is 0.731 bits per heavy atom. The molecule has 15 aromatic carbocycles. The van der Waals surface area contributed by atoms with Gasteiger partial charge in [-0.2, -0.15) is 0 Å². The summed E-state index contributed by atoms with van der Waals surface area (Å²) in [4.78, 5) is 39.2. The second kappa shape index (κ2) is 29.6. The molecule has 506 valence electrons. The van der Waals surface area contributed by atoms with Gasteiger partial charge in [0.05, 0.1) is 16.9 Å². The molecule has 0 amide bonds. The highest BCUT2D eigenvalue weighted by Gasteiger charge is 2.19. The first kappa shape index (κ1) is 65.4. The Bertz CT molecular complexity index is 6020. The molecule has 0 unspecified atom stereocenters. The van der Waals surface area contributed by atoms with Crippen molar-refractivity contribution in [3.63, 3.8) is 0 Å². The van der Waals surface area contributed by atoms with Crippen molar-refractivity contribution >= 4 is 32.4 Å². The quantitative estimate of drug-likeness (QED) is 0.106. The molecule has 0 saturated heterocycles. The molecule has 19 aromatic rings. The minimum atomic E-state index is 0.640. The van der Waals surface area contributed by atoms with Gasteiger partial charge >= 0.3 is 0 Å². The number of benzene rings is 15. The van der Waals surface area contributed by atoms with Crippen molar-refractivity contribution in [1.82, 2.24) is 39.9 Å². The van der Waals surface area contributed by atoms with Crippen LogP contribution in [0.1, 0.15) is 0 Å². The number of hydrogen-bond acceptors (Lipinski definition) is 8. The number of hydrogen-bond donors (Lipinski definition) is 0. The number of nitrogens with zero attached hydrogens (tertiary/aromatic N) is 8. The topological polar surface area (TPSA) is 103 Å². The number of aromatic nitrogens is 8. The van der Waals surface area contributed by atoms with Crippen molar-refractivity contribution in [2.24, 2.45) is 0 Å². The van der Waals surface area contributed by atoms with Gasteiger partial charge in [-0.15, -0.1) is 0 Å². The second-order valence-corrected chi connectivity index (χ2v) is 26.5. The van der Waals surface area contributed by atoms with Crippen molar-refractivity contribution in [2.75, 3.05) is 0 Å². The summed E-state index contributed by atoms with van der Waals surface area (Å²) >= 11 is 0. The Kier molecular flexibility index (Phi) is 18.0. The number of para-hydroxylation sites is 1. The zero-order chi connectivity index (χ0) is 72.0. The molecule has 8 nitrogen and oxygen atoms in total. The number of pyridine rings is 2. The third-order valence-electron chi connectivity index (χ3n) is 19.8. The average Bonchev–Trinajstić information content (AvgIpc) is 0.773. The zero-order valence-electron chi connectivity index (χ0n) is 58.7. The highest BCUT2D eigenvalue weighted by Crippen LogP contribution is 2.41. The third-order valence-corrected chi connectivity index (χ3v) is 19.8. The van der Waals surface area contributed by atoms with Crippen LogP contribution in [0.4, 0.5) is 0 Å². The van der Waals surface area contributed by atoms with Gasteiger partial charge in [-0.05, 0) is 101 Å². The minimum Gasteiger partial charge on any atom is -0.256 e. The van der Waals surface area contributed by atoms with Crippen LogP contribution in [-0.2, 0) is 0 Å². The van der Waals surface area contributed by atoms with E-state index in [4.69, 9.17) is 34.9 Å². The standard InChI is InChI=1S/C54H36N4.C46H30N4/c1-5-15-37(16-6-1)45-35-50(40-17-7-2-8-18-40)55-51(36-45)41-29-25-38(26-30-41)46-33-34-47(49-24-14-13-23-48(46)49)39-27-31-44(32-28-39)54-57-52(42-19-9-3-10-20-42)56-53(58-54)43-21-11-4-12-22-43;1-3-11-35(12-4-1)44-48-45(36-13-5-2-6-14-36)50-46(49-44)37-26-24-32(25-27-37)39-29-28-38(41-17-7-8-18-42(39)41)31-20-22-33(23-21-31)40-19-9-15-34-16-10-30-47-43(34)40/h1-36H;1-30H. The summed E-state index contributed by atoms with van der Waals surface area (Å²) in [6, 6.07) is 137.